The number of nitrogens with zero attached hydrogens (tertiary/aromatic N) is 2. The second kappa shape index (κ2) is 5.38. The zero-order chi connectivity index (χ0) is 14.9. The van der Waals surface area contributed by atoms with Crippen LogP contribution in [0.4, 0.5) is 18.9 Å². The van der Waals surface area contributed by atoms with Crippen molar-refractivity contribution in [1.82, 2.24) is 15.2 Å². The molecule has 1 heterocycles. The van der Waals surface area contributed by atoms with E-state index in [2.05, 4.69) is 20.5 Å². The Hall–Kier alpha value is -2.05. The molecule has 1 aromatic carbocycles. The summed E-state index contributed by atoms with van der Waals surface area (Å²) in [5, 5.41) is 10.1. The van der Waals surface area contributed by atoms with E-state index in [0.717, 1.165) is 36.6 Å². The fourth-order valence-electron chi connectivity index (χ4n) is 2.05. The maximum absolute atomic E-state index is 12.4. The number of aromatic amines is 1. The van der Waals surface area contributed by atoms with Crippen molar-refractivity contribution in [3.05, 3.63) is 41.5 Å². The Kier molecular flexibility index (Phi) is 3.57. The number of hydrogen-bond donors (Lipinski definition) is 2. The molecule has 0 radical (unpaired) electrons. The second-order valence-corrected chi connectivity index (χ2v) is 5.17. The Balaban J connectivity index is 1.50. The molecular weight excluding hydrogens is 281 g/mol. The van der Waals surface area contributed by atoms with Crippen molar-refractivity contribution in [3.8, 4) is 0 Å². The third kappa shape index (κ3) is 3.53. The lowest BCUT2D eigenvalue weighted by Gasteiger charge is -2.08. The number of nitrogens with one attached hydrogen (secondary N) is 2. The first-order chi connectivity index (χ1) is 10.0. The lowest BCUT2D eigenvalue weighted by Crippen LogP contribution is -2.07. The Morgan fingerprint density at radius 2 is 1.90 bits per heavy atom. The van der Waals surface area contributed by atoms with E-state index in [4.69, 9.17) is 0 Å². The number of hydrogen-bond acceptors (Lipinski definition) is 3. The SMILES string of the molecule is FC(F)(F)c1ccc(NCCc2nc(C3CC3)n[nH]2)cc1. The van der Waals surface area contributed by atoms with E-state index in [1.54, 1.807) is 0 Å². The van der Waals surface area contributed by atoms with E-state index in [0.29, 0.717) is 24.6 Å². The van der Waals surface area contributed by atoms with Crippen LogP contribution in [0.2, 0.25) is 0 Å². The molecule has 2 N–H and O–H groups in total. The first-order valence-corrected chi connectivity index (χ1v) is 6.85. The number of H-pyrrole nitrogens is 1. The van der Waals surface area contributed by atoms with Crippen molar-refractivity contribution in [2.24, 2.45) is 0 Å². The minimum absolute atomic E-state index is 0.512. The lowest BCUT2D eigenvalue weighted by molar-refractivity contribution is -0.137. The molecule has 1 aliphatic carbocycles. The lowest BCUT2D eigenvalue weighted by atomic mass is 10.2. The van der Waals surface area contributed by atoms with E-state index in [1.807, 2.05) is 0 Å². The summed E-state index contributed by atoms with van der Waals surface area (Å²) in [5.74, 6) is 2.19. The van der Waals surface area contributed by atoms with Gasteiger partial charge in [0.1, 0.15) is 5.82 Å². The monoisotopic (exact) mass is 296 g/mol. The molecule has 0 saturated heterocycles. The van der Waals surface area contributed by atoms with Gasteiger partial charge in [0.05, 0.1) is 5.56 Å². The summed E-state index contributed by atoms with van der Waals surface area (Å²) in [6.07, 6.45) is -1.33. The molecule has 7 heteroatoms. The molecule has 1 fully saturated rings. The Morgan fingerprint density at radius 1 is 1.19 bits per heavy atom. The topological polar surface area (TPSA) is 53.6 Å². The summed E-state index contributed by atoms with van der Waals surface area (Å²) < 4.78 is 37.3. The smallest absolute Gasteiger partial charge is 0.385 e. The van der Waals surface area contributed by atoms with Crippen LogP contribution in [-0.4, -0.2) is 21.7 Å². The van der Waals surface area contributed by atoms with Crippen LogP contribution in [0, 0.1) is 0 Å². The maximum Gasteiger partial charge on any atom is 0.416 e. The summed E-state index contributed by atoms with van der Waals surface area (Å²) in [6, 6.07) is 5.00. The van der Waals surface area contributed by atoms with Gasteiger partial charge in [0.15, 0.2) is 5.82 Å². The van der Waals surface area contributed by atoms with Crippen molar-refractivity contribution >= 4 is 5.69 Å². The highest BCUT2D eigenvalue weighted by atomic mass is 19.4. The van der Waals surface area contributed by atoms with Gasteiger partial charge in [0, 0.05) is 24.6 Å². The van der Waals surface area contributed by atoms with Gasteiger partial charge in [-0.25, -0.2) is 4.98 Å². The normalized spacial score (nSPS) is 15.2. The van der Waals surface area contributed by atoms with E-state index in [1.165, 1.54) is 12.1 Å². The maximum atomic E-state index is 12.4. The molecule has 0 spiro atoms. The van der Waals surface area contributed by atoms with Crippen molar-refractivity contribution < 1.29 is 13.2 Å². The summed E-state index contributed by atoms with van der Waals surface area (Å²) in [7, 11) is 0. The van der Waals surface area contributed by atoms with Crippen molar-refractivity contribution in [2.45, 2.75) is 31.4 Å². The summed E-state index contributed by atoms with van der Waals surface area (Å²) in [5.41, 5.74) is 0.0160. The molecule has 1 aliphatic rings. The number of rotatable bonds is 5. The van der Waals surface area contributed by atoms with E-state index >= 15 is 0 Å². The first kappa shape index (κ1) is 13.9. The predicted molar refractivity (Wildman–Crippen MR) is 72.0 cm³/mol. The van der Waals surface area contributed by atoms with Gasteiger partial charge in [0.2, 0.25) is 0 Å². The highest BCUT2D eigenvalue weighted by Crippen LogP contribution is 2.37. The number of benzene rings is 1. The fourth-order valence-corrected chi connectivity index (χ4v) is 2.05. The molecule has 21 heavy (non-hydrogen) atoms. The Labute approximate surface area is 119 Å². The van der Waals surface area contributed by atoms with Gasteiger partial charge in [-0.3, -0.25) is 5.10 Å². The number of halogens is 3. The fraction of sp³-hybridized carbons (Fsp3) is 0.429. The average molecular weight is 296 g/mol. The highest BCUT2D eigenvalue weighted by Gasteiger charge is 2.30. The molecule has 2 aromatic rings. The molecule has 112 valence electrons. The van der Waals surface area contributed by atoms with E-state index in [9.17, 15) is 13.2 Å². The molecule has 0 unspecified atom stereocenters. The molecule has 0 atom stereocenters. The Morgan fingerprint density at radius 3 is 2.52 bits per heavy atom. The largest absolute Gasteiger partial charge is 0.416 e. The summed E-state index contributed by atoms with van der Waals surface area (Å²) in [4.78, 5) is 4.39. The van der Waals surface area contributed by atoms with Gasteiger partial charge in [-0.15, -0.1) is 0 Å². The van der Waals surface area contributed by atoms with Crippen LogP contribution in [0.3, 0.4) is 0 Å². The van der Waals surface area contributed by atoms with Crippen LogP contribution < -0.4 is 5.32 Å². The first-order valence-electron chi connectivity index (χ1n) is 6.85. The average Bonchev–Trinajstić information content (AvgIpc) is 3.19. The van der Waals surface area contributed by atoms with Crippen LogP contribution in [0.1, 0.15) is 36.0 Å². The summed E-state index contributed by atoms with van der Waals surface area (Å²) in [6.45, 7) is 0.588. The summed E-state index contributed by atoms with van der Waals surface area (Å²) >= 11 is 0. The molecule has 4 nitrogen and oxygen atoms in total. The molecule has 3 rings (SSSR count). The van der Waals surface area contributed by atoms with Gasteiger partial charge in [0.25, 0.3) is 0 Å². The predicted octanol–water partition coefficient (Wildman–Crippen LogP) is 3.36. The van der Waals surface area contributed by atoms with E-state index < -0.39 is 11.7 Å². The van der Waals surface area contributed by atoms with E-state index in [-0.39, 0.29) is 0 Å². The van der Waals surface area contributed by atoms with Crippen LogP contribution >= 0.6 is 0 Å². The van der Waals surface area contributed by atoms with Gasteiger partial charge in [-0.05, 0) is 37.1 Å². The van der Waals surface area contributed by atoms with Gasteiger partial charge in [-0.1, -0.05) is 0 Å². The van der Waals surface area contributed by atoms with Crippen LogP contribution in [0.25, 0.3) is 0 Å². The molecule has 0 aliphatic heterocycles. The van der Waals surface area contributed by atoms with Gasteiger partial charge in [-0.2, -0.15) is 18.3 Å². The van der Waals surface area contributed by atoms with Gasteiger partial charge >= 0.3 is 6.18 Å². The highest BCUT2D eigenvalue weighted by molar-refractivity contribution is 5.45. The van der Waals surface area contributed by atoms with Crippen molar-refractivity contribution in [3.63, 3.8) is 0 Å². The minimum atomic E-state index is -4.29. The molecule has 1 saturated carbocycles. The zero-order valence-corrected chi connectivity index (χ0v) is 11.2. The zero-order valence-electron chi connectivity index (χ0n) is 11.2. The van der Waals surface area contributed by atoms with Crippen molar-refractivity contribution in [1.29, 1.82) is 0 Å². The van der Waals surface area contributed by atoms with Crippen LogP contribution in [0.15, 0.2) is 24.3 Å². The standard InChI is InChI=1S/C14H15F3N4/c15-14(16,17)10-3-5-11(6-4-10)18-8-7-12-19-13(21-20-12)9-1-2-9/h3-6,9,18H,1-2,7-8H2,(H,19,20,21). The third-order valence-corrected chi connectivity index (χ3v) is 3.39. The minimum Gasteiger partial charge on any atom is -0.385 e. The number of alkyl halides is 3. The molecule has 0 bridgehead atoms. The third-order valence-electron chi connectivity index (χ3n) is 3.39. The number of aromatic nitrogens is 3. The molecular formula is C14H15F3N4. The van der Waals surface area contributed by atoms with Crippen molar-refractivity contribution in [2.75, 3.05) is 11.9 Å². The second-order valence-electron chi connectivity index (χ2n) is 5.17. The molecule has 0 amide bonds. The molecule has 1 aromatic heterocycles. The quantitative estimate of drug-likeness (QED) is 0.889. The van der Waals surface area contributed by atoms with Crippen LogP contribution in [0.5, 0.6) is 0 Å². The Bertz CT molecular complexity index is 599. The van der Waals surface area contributed by atoms with Gasteiger partial charge < -0.3 is 5.32 Å². The van der Waals surface area contributed by atoms with Crippen LogP contribution in [-0.2, 0) is 12.6 Å². The number of anilines is 1.